The molecule has 4 heteroatoms. The molecular formula is C7H7Br2NO. The standard InChI is InChI=1S/C7H7Br2NO/c1-2-11-6-3-5(8)4-10-7(6)9/h3-4H,2H2,1H3. The predicted octanol–water partition coefficient (Wildman–Crippen LogP) is 3.01. The van der Waals surface area contributed by atoms with Gasteiger partial charge < -0.3 is 4.74 Å². The van der Waals surface area contributed by atoms with E-state index in [9.17, 15) is 0 Å². The third-order valence-corrected chi connectivity index (χ3v) is 2.10. The van der Waals surface area contributed by atoms with Crippen LogP contribution < -0.4 is 4.74 Å². The first kappa shape index (κ1) is 9.00. The zero-order valence-electron chi connectivity index (χ0n) is 5.97. The van der Waals surface area contributed by atoms with Crippen molar-refractivity contribution in [3.8, 4) is 5.75 Å². The summed E-state index contributed by atoms with van der Waals surface area (Å²) in [4.78, 5) is 4.04. The molecule has 0 saturated heterocycles. The lowest BCUT2D eigenvalue weighted by molar-refractivity contribution is 0.336. The van der Waals surface area contributed by atoms with E-state index in [1.165, 1.54) is 0 Å². The first-order valence-electron chi connectivity index (χ1n) is 3.18. The number of nitrogens with zero attached hydrogens (tertiary/aromatic N) is 1. The minimum atomic E-state index is 0.650. The zero-order chi connectivity index (χ0) is 8.27. The highest BCUT2D eigenvalue weighted by Gasteiger charge is 2.00. The molecule has 0 saturated carbocycles. The van der Waals surface area contributed by atoms with Crippen LogP contribution in [0.15, 0.2) is 21.3 Å². The van der Waals surface area contributed by atoms with Gasteiger partial charge in [0.25, 0.3) is 0 Å². The van der Waals surface area contributed by atoms with E-state index in [4.69, 9.17) is 4.74 Å². The van der Waals surface area contributed by atoms with E-state index in [0.717, 1.165) is 14.8 Å². The number of halogens is 2. The Hall–Kier alpha value is -0.0900. The Bertz CT molecular complexity index is 252. The zero-order valence-corrected chi connectivity index (χ0v) is 9.15. The molecule has 0 aliphatic carbocycles. The molecule has 0 bridgehead atoms. The number of hydrogen-bond donors (Lipinski definition) is 0. The number of rotatable bonds is 2. The van der Waals surface area contributed by atoms with E-state index in [1.807, 2.05) is 13.0 Å². The van der Waals surface area contributed by atoms with Gasteiger partial charge in [-0.2, -0.15) is 0 Å². The predicted molar refractivity (Wildman–Crippen MR) is 50.8 cm³/mol. The van der Waals surface area contributed by atoms with Crippen molar-refractivity contribution in [2.45, 2.75) is 6.92 Å². The maximum absolute atomic E-state index is 5.28. The van der Waals surface area contributed by atoms with Gasteiger partial charge in [-0.05, 0) is 44.8 Å². The van der Waals surface area contributed by atoms with Crippen LogP contribution in [0.1, 0.15) is 6.92 Å². The minimum Gasteiger partial charge on any atom is -0.491 e. The molecule has 0 atom stereocenters. The van der Waals surface area contributed by atoms with Gasteiger partial charge in [-0.25, -0.2) is 4.98 Å². The highest BCUT2D eigenvalue weighted by Crippen LogP contribution is 2.25. The summed E-state index contributed by atoms with van der Waals surface area (Å²) in [5.41, 5.74) is 0. The summed E-state index contributed by atoms with van der Waals surface area (Å²) in [5, 5.41) is 0. The van der Waals surface area contributed by atoms with Crippen molar-refractivity contribution in [1.82, 2.24) is 4.98 Å². The van der Waals surface area contributed by atoms with Gasteiger partial charge in [0.05, 0.1) is 6.61 Å². The Labute approximate surface area is 82.2 Å². The second-order valence-corrected chi connectivity index (χ2v) is 3.54. The van der Waals surface area contributed by atoms with Crippen LogP contribution in [0.25, 0.3) is 0 Å². The topological polar surface area (TPSA) is 22.1 Å². The van der Waals surface area contributed by atoms with Crippen LogP contribution >= 0.6 is 31.9 Å². The Balaban J connectivity index is 2.93. The van der Waals surface area contributed by atoms with E-state index >= 15 is 0 Å². The van der Waals surface area contributed by atoms with Crippen LogP contribution in [-0.2, 0) is 0 Å². The summed E-state index contributed by atoms with van der Waals surface area (Å²) in [7, 11) is 0. The normalized spacial score (nSPS) is 9.73. The molecule has 1 aromatic heterocycles. The molecule has 0 amide bonds. The fourth-order valence-corrected chi connectivity index (χ4v) is 1.30. The van der Waals surface area contributed by atoms with Gasteiger partial charge in [-0.15, -0.1) is 0 Å². The average molecular weight is 281 g/mol. The third-order valence-electron chi connectivity index (χ3n) is 1.07. The molecule has 0 radical (unpaired) electrons. The van der Waals surface area contributed by atoms with Gasteiger partial charge in [0.2, 0.25) is 0 Å². The third kappa shape index (κ3) is 2.45. The lowest BCUT2D eigenvalue weighted by Crippen LogP contribution is -1.93. The summed E-state index contributed by atoms with van der Waals surface area (Å²) < 4.78 is 6.94. The summed E-state index contributed by atoms with van der Waals surface area (Å²) in [6.07, 6.45) is 1.71. The lowest BCUT2D eigenvalue weighted by Gasteiger charge is -2.03. The second-order valence-electron chi connectivity index (χ2n) is 1.88. The van der Waals surface area contributed by atoms with Crippen LogP contribution in [0.3, 0.4) is 0 Å². The van der Waals surface area contributed by atoms with Gasteiger partial charge >= 0.3 is 0 Å². The molecule has 0 spiro atoms. The summed E-state index contributed by atoms with van der Waals surface area (Å²) >= 11 is 6.58. The number of hydrogen-bond acceptors (Lipinski definition) is 2. The molecule has 1 rings (SSSR count). The molecular weight excluding hydrogens is 274 g/mol. The highest BCUT2D eigenvalue weighted by atomic mass is 79.9. The number of pyridine rings is 1. The summed E-state index contributed by atoms with van der Waals surface area (Å²) in [6.45, 7) is 2.59. The SMILES string of the molecule is CCOc1cc(Br)cnc1Br. The monoisotopic (exact) mass is 279 g/mol. The number of aromatic nitrogens is 1. The van der Waals surface area contributed by atoms with Crippen molar-refractivity contribution < 1.29 is 4.74 Å². The molecule has 60 valence electrons. The van der Waals surface area contributed by atoms with Gasteiger partial charge in [-0.1, -0.05) is 0 Å². The van der Waals surface area contributed by atoms with Crippen molar-refractivity contribution in [2.75, 3.05) is 6.61 Å². The van der Waals surface area contributed by atoms with Crippen LogP contribution in [0.2, 0.25) is 0 Å². The molecule has 0 unspecified atom stereocenters. The Morgan fingerprint density at radius 1 is 1.55 bits per heavy atom. The number of ether oxygens (including phenoxy) is 1. The molecule has 0 aliphatic heterocycles. The van der Waals surface area contributed by atoms with Gasteiger partial charge in [0.15, 0.2) is 5.75 Å². The molecule has 11 heavy (non-hydrogen) atoms. The molecule has 1 aromatic rings. The fraction of sp³-hybridized carbons (Fsp3) is 0.286. The van der Waals surface area contributed by atoms with Crippen molar-refractivity contribution in [1.29, 1.82) is 0 Å². The van der Waals surface area contributed by atoms with Crippen molar-refractivity contribution in [2.24, 2.45) is 0 Å². The average Bonchev–Trinajstić information content (AvgIpc) is 1.98. The molecule has 1 heterocycles. The summed E-state index contributed by atoms with van der Waals surface area (Å²) in [6, 6.07) is 1.88. The van der Waals surface area contributed by atoms with Gasteiger partial charge in [0.1, 0.15) is 4.60 Å². The van der Waals surface area contributed by atoms with Crippen LogP contribution in [-0.4, -0.2) is 11.6 Å². The second kappa shape index (κ2) is 4.07. The maximum atomic E-state index is 5.28. The Kier molecular flexibility index (Phi) is 3.33. The molecule has 0 aliphatic rings. The van der Waals surface area contributed by atoms with Crippen molar-refractivity contribution >= 4 is 31.9 Å². The molecule has 0 N–H and O–H groups in total. The fourth-order valence-electron chi connectivity index (χ4n) is 0.661. The van der Waals surface area contributed by atoms with E-state index < -0.39 is 0 Å². The first-order valence-corrected chi connectivity index (χ1v) is 4.76. The Morgan fingerprint density at radius 2 is 2.27 bits per heavy atom. The Morgan fingerprint density at radius 3 is 2.91 bits per heavy atom. The quantitative estimate of drug-likeness (QED) is 0.777. The summed E-state index contributed by atoms with van der Waals surface area (Å²) in [5.74, 6) is 0.766. The van der Waals surface area contributed by atoms with Crippen LogP contribution in [0.5, 0.6) is 5.75 Å². The van der Waals surface area contributed by atoms with Gasteiger partial charge in [0, 0.05) is 10.7 Å². The molecule has 0 fully saturated rings. The van der Waals surface area contributed by atoms with Crippen LogP contribution in [0.4, 0.5) is 0 Å². The van der Waals surface area contributed by atoms with E-state index in [-0.39, 0.29) is 0 Å². The van der Waals surface area contributed by atoms with Crippen molar-refractivity contribution in [3.05, 3.63) is 21.3 Å². The van der Waals surface area contributed by atoms with Crippen molar-refractivity contribution in [3.63, 3.8) is 0 Å². The molecule has 2 nitrogen and oxygen atoms in total. The van der Waals surface area contributed by atoms with Gasteiger partial charge in [-0.3, -0.25) is 0 Å². The smallest absolute Gasteiger partial charge is 0.153 e. The minimum absolute atomic E-state index is 0.650. The largest absolute Gasteiger partial charge is 0.491 e. The van der Waals surface area contributed by atoms with E-state index in [0.29, 0.717) is 6.61 Å². The van der Waals surface area contributed by atoms with E-state index in [1.54, 1.807) is 6.20 Å². The lowest BCUT2D eigenvalue weighted by atomic mass is 10.5. The first-order chi connectivity index (χ1) is 5.24. The van der Waals surface area contributed by atoms with Crippen LogP contribution in [0, 0.1) is 0 Å². The molecule has 0 aromatic carbocycles. The highest BCUT2D eigenvalue weighted by molar-refractivity contribution is 9.11. The maximum Gasteiger partial charge on any atom is 0.153 e. The van der Waals surface area contributed by atoms with E-state index in [2.05, 4.69) is 36.8 Å².